The maximum absolute atomic E-state index is 11.9. The van der Waals surface area contributed by atoms with Gasteiger partial charge in [0.05, 0.1) is 13.7 Å². The van der Waals surface area contributed by atoms with Crippen LogP contribution in [0.4, 0.5) is 5.69 Å². The Bertz CT molecular complexity index is 627. The molecule has 20 heavy (non-hydrogen) atoms. The zero-order valence-electron chi connectivity index (χ0n) is 11.2. The lowest BCUT2D eigenvalue weighted by Gasteiger charge is -2.12. The molecule has 0 amide bonds. The van der Waals surface area contributed by atoms with Gasteiger partial charge in [-0.15, -0.1) is 0 Å². The number of hydrogen-bond acceptors (Lipinski definition) is 5. The molecule has 0 bridgehead atoms. The van der Waals surface area contributed by atoms with Crippen molar-refractivity contribution in [2.45, 2.75) is 12.2 Å². The number of ether oxygens (including phenoxy) is 1. The van der Waals surface area contributed by atoms with E-state index in [1.54, 1.807) is 24.3 Å². The monoisotopic (exact) mass is 296 g/mol. The fraction of sp³-hybridized carbons (Fsp3) is 0.308. The maximum Gasteiger partial charge on any atom is 0.325 e. The molecule has 0 aliphatic rings. The van der Waals surface area contributed by atoms with Crippen LogP contribution in [0.25, 0.3) is 0 Å². The lowest BCUT2D eigenvalue weighted by molar-refractivity contribution is -0.139. The molecule has 0 heterocycles. The van der Waals surface area contributed by atoms with Crippen LogP contribution in [0.2, 0.25) is 0 Å². The van der Waals surface area contributed by atoms with Crippen molar-refractivity contribution in [3.05, 3.63) is 29.8 Å². The molecule has 0 saturated heterocycles. The first-order valence-electron chi connectivity index (χ1n) is 5.79. The lowest BCUT2D eigenvalue weighted by atomic mass is 10.2. The van der Waals surface area contributed by atoms with Gasteiger partial charge in [-0.3, -0.25) is 9.52 Å². The molecule has 0 aliphatic carbocycles. The van der Waals surface area contributed by atoms with Gasteiger partial charge in [0.25, 0.3) is 0 Å². The highest BCUT2D eigenvalue weighted by atomic mass is 32.2. The summed E-state index contributed by atoms with van der Waals surface area (Å²) in [5, 5.41) is -1.29. The molecule has 1 rings (SSSR count). The smallest absolute Gasteiger partial charge is 0.325 e. The molecule has 1 atom stereocenters. The number of carbonyl (C=O) groups excluding carboxylic acids is 1. The molecule has 108 valence electrons. The van der Waals surface area contributed by atoms with Gasteiger partial charge in [0.2, 0.25) is 10.0 Å². The first-order valence-corrected chi connectivity index (χ1v) is 7.34. The van der Waals surface area contributed by atoms with E-state index in [1.165, 1.54) is 6.92 Å². The van der Waals surface area contributed by atoms with E-state index in [1.807, 2.05) is 0 Å². The van der Waals surface area contributed by atoms with Crippen LogP contribution in [0.15, 0.2) is 24.3 Å². The van der Waals surface area contributed by atoms with Gasteiger partial charge in [0, 0.05) is 11.3 Å². The van der Waals surface area contributed by atoms with Crippen LogP contribution >= 0.6 is 0 Å². The van der Waals surface area contributed by atoms with E-state index in [0.29, 0.717) is 5.69 Å². The molecule has 0 radical (unpaired) electrons. The zero-order chi connectivity index (χ0) is 15.2. The molecule has 1 unspecified atom stereocenters. The number of nitrogens with one attached hydrogen (secondary N) is 1. The Morgan fingerprint density at radius 1 is 1.40 bits per heavy atom. The number of esters is 1. The van der Waals surface area contributed by atoms with Crippen LogP contribution in [-0.4, -0.2) is 33.3 Å². The van der Waals surface area contributed by atoms with Crippen LogP contribution in [0.5, 0.6) is 0 Å². The standard InChI is InChI=1S/C13H16N2O4S/c1-10(13(16)19-2)20(17,18)15-12-7-5-11(6-8-12)4-3-9-14/h5-8,10,15H,9,14H2,1-2H3. The molecule has 0 spiro atoms. The Balaban J connectivity index is 2.85. The summed E-state index contributed by atoms with van der Waals surface area (Å²) in [6.45, 7) is 1.51. The fourth-order valence-corrected chi connectivity index (χ4v) is 2.31. The van der Waals surface area contributed by atoms with Crippen molar-refractivity contribution in [1.29, 1.82) is 0 Å². The van der Waals surface area contributed by atoms with Crippen molar-refractivity contribution >= 4 is 21.7 Å². The van der Waals surface area contributed by atoms with Crippen molar-refractivity contribution in [1.82, 2.24) is 0 Å². The summed E-state index contributed by atoms with van der Waals surface area (Å²) in [6, 6.07) is 6.43. The van der Waals surface area contributed by atoms with Gasteiger partial charge in [0.1, 0.15) is 0 Å². The van der Waals surface area contributed by atoms with Gasteiger partial charge in [-0.1, -0.05) is 11.8 Å². The Hall–Kier alpha value is -2.04. The number of hydrogen-bond donors (Lipinski definition) is 2. The molecule has 1 aromatic rings. The number of methoxy groups -OCH3 is 1. The fourth-order valence-electron chi connectivity index (χ4n) is 1.32. The Morgan fingerprint density at radius 2 is 2.00 bits per heavy atom. The minimum atomic E-state index is -3.84. The minimum absolute atomic E-state index is 0.255. The normalized spacial score (nSPS) is 11.9. The molecule has 0 aliphatic heterocycles. The van der Waals surface area contributed by atoms with Crippen molar-refractivity contribution < 1.29 is 17.9 Å². The highest BCUT2D eigenvalue weighted by Gasteiger charge is 2.28. The van der Waals surface area contributed by atoms with Crippen molar-refractivity contribution in [2.24, 2.45) is 5.73 Å². The largest absolute Gasteiger partial charge is 0.468 e. The number of carbonyl (C=O) groups is 1. The summed E-state index contributed by atoms with van der Waals surface area (Å²) in [6.07, 6.45) is 0. The van der Waals surface area contributed by atoms with E-state index in [4.69, 9.17) is 5.73 Å². The molecular formula is C13H16N2O4S. The van der Waals surface area contributed by atoms with Gasteiger partial charge in [-0.05, 0) is 31.2 Å². The molecule has 7 heteroatoms. The van der Waals surface area contributed by atoms with Gasteiger partial charge in [0.15, 0.2) is 5.25 Å². The third-order valence-electron chi connectivity index (χ3n) is 2.48. The topological polar surface area (TPSA) is 98.5 Å². The molecule has 0 fully saturated rings. The summed E-state index contributed by atoms with van der Waals surface area (Å²) < 4.78 is 30.5. The second-order valence-corrected chi connectivity index (χ2v) is 5.90. The second kappa shape index (κ2) is 6.93. The van der Waals surface area contributed by atoms with E-state index in [-0.39, 0.29) is 6.54 Å². The Kier molecular flexibility index (Phi) is 5.55. The van der Waals surface area contributed by atoms with Gasteiger partial charge >= 0.3 is 5.97 Å². The maximum atomic E-state index is 11.9. The Labute approximate surface area is 118 Å². The van der Waals surface area contributed by atoms with Crippen LogP contribution in [0.1, 0.15) is 12.5 Å². The number of nitrogens with two attached hydrogens (primary N) is 1. The molecule has 0 aromatic heterocycles. The third kappa shape index (κ3) is 4.26. The van der Waals surface area contributed by atoms with E-state index < -0.39 is 21.2 Å². The predicted octanol–water partition coefficient (Wildman–Crippen LogP) is 0.300. The number of anilines is 1. The van der Waals surface area contributed by atoms with E-state index in [0.717, 1.165) is 12.7 Å². The van der Waals surface area contributed by atoms with Gasteiger partial charge in [-0.25, -0.2) is 8.42 Å². The summed E-state index contributed by atoms with van der Waals surface area (Å²) in [4.78, 5) is 11.2. The zero-order valence-corrected chi connectivity index (χ0v) is 12.0. The van der Waals surface area contributed by atoms with Gasteiger partial charge in [-0.2, -0.15) is 0 Å². The van der Waals surface area contributed by atoms with Crippen molar-refractivity contribution in [3.8, 4) is 11.8 Å². The Morgan fingerprint density at radius 3 is 2.50 bits per heavy atom. The quantitative estimate of drug-likeness (QED) is 0.615. The lowest BCUT2D eigenvalue weighted by Crippen LogP contribution is -2.33. The summed E-state index contributed by atoms with van der Waals surface area (Å²) in [5.41, 5.74) is 6.32. The minimum Gasteiger partial charge on any atom is -0.468 e. The molecule has 6 nitrogen and oxygen atoms in total. The van der Waals surface area contributed by atoms with E-state index >= 15 is 0 Å². The van der Waals surface area contributed by atoms with Gasteiger partial charge < -0.3 is 10.5 Å². The first-order chi connectivity index (χ1) is 9.40. The summed E-state index contributed by atoms with van der Waals surface area (Å²) >= 11 is 0. The highest BCUT2D eigenvalue weighted by Crippen LogP contribution is 2.13. The molecule has 0 saturated carbocycles. The highest BCUT2D eigenvalue weighted by molar-refractivity contribution is 7.94. The summed E-state index contributed by atoms with van der Waals surface area (Å²) in [7, 11) is -2.70. The van der Waals surface area contributed by atoms with Crippen LogP contribution in [-0.2, 0) is 19.6 Å². The number of rotatable bonds is 4. The number of benzene rings is 1. The SMILES string of the molecule is COC(=O)C(C)S(=O)(=O)Nc1ccc(C#CCN)cc1. The average molecular weight is 296 g/mol. The van der Waals surface area contributed by atoms with Crippen LogP contribution < -0.4 is 10.5 Å². The molecule has 3 N–H and O–H groups in total. The molecular weight excluding hydrogens is 280 g/mol. The number of sulfonamides is 1. The van der Waals surface area contributed by atoms with Crippen molar-refractivity contribution in [2.75, 3.05) is 18.4 Å². The van der Waals surface area contributed by atoms with Crippen LogP contribution in [0.3, 0.4) is 0 Å². The average Bonchev–Trinajstić information content (AvgIpc) is 2.44. The summed E-state index contributed by atoms with van der Waals surface area (Å²) in [5.74, 6) is 4.69. The van der Waals surface area contributed by atoms with E-state index in [9.17, 15) is 13.2 Å². The first kappa shape index (κ1) is 16.0. The van der Waals surface area contributed by atoms with Crippen LogP contribution in [0, 0.1) is 11.8 Å². The second-order valence-electron chi connectivity index (χ2n) is 3.90. The van der Waals surface area contributed by atoms with Crippen molar-refractivity contribution in [3.63, 3.8) is 0 Å². The molecule has 1 aromatic carbocycles. The third-order valence-corrected chi connectivity index (χ3v) is 4.12. The van der Waals surface area contributed by atoms with E-state index in [2.05, 4.69) is 21.3 Å². The predicted molar refractivity (Wildman–Crippen MR) is 76.4 cm³/mol.